The third-order valence-electron chi connectivity index (χ3n) is 3.48. The highest BCUT2D eigenvalue weighted by Gasteiger charge is 2.20. The Bertz CT molecular complexity index is 152. The molecule has 1 atom stereocenters. The number of hydrogen-bond donors (Lipinski definition) is 1. The quantitative estimate of drug-likeness (QED) is 0.702. The molecule has 1 N–H and O–H groups in total. The van der Waals surface area contributed by atoms with Gasteiger partial charge in [-0.3, -0.25) is 0 Å². The lowest BCUT2D eigenvalue weighted by Crippen LogP contribution is -2.43. The molecular weight excluding hydrogens is 172 g/mol. The minimum Gasteiger partial charge on any atom is -0.315 e. The predicted octanol–water partition coefficient (Wildman–Crippen LogP) is 1.96. The lowest BCUT2D eigenvalue weighted by atomic mass is 9.85. The molecule has 1 fully saturated rings. The van der Waals surface area contributed by atoms with Crippen LogP contribution in [0.1, 0.15) is 33.1 Å². The van der Waals surface area contributed by atoms with Crippen molar-refractivity contribution < 1.29 is 0 Å². The molecule has 0 heterocycles. The second kappa shape index (κ2) is 5.72. The lowest BCUT2D eigenvalue weighted by molar-refractivity contribution is 0.182. The Labute approximate surface area is 89.1 Å². The van der Waals surface area contributed by atoms with E-state index in [-0.39, 0.29) is 0 Å². The summed E-state index contributed by atoms with van der Waals surface area (Å²) in [5, 5.41) is 3.40. The van der Waals surface area contributed by atoms with E-state index in [1.165, 1.54) is 32.4 Å². The minimum absolute atomic E-state index is 0.639. The van der Waals surface area contributed by atoms with Gasteiger partial charge in [0.15, 0.2) is 0 Å². The Kier molecular flexibility index (Phi) is 4.90. The van der Waals surface area contributed by atoms with Gasteiger partial charge in [-0.2, -0.15) is 0 Å². The van der Waals surface area contributed by atoms with E-state index in [2.05, 4.69) is 38.2 Å². The van der Waals surface area contributed by atoms with E-state index < -0.39 is 0 Å². The first kappa shape index (κ1) is 12.0. The van der Waals surface area contributed by atoms with Gasteiger partial charge in [0, 0.05) is 19.1 Å². The summed E-state index contributed by atoms with van der Waals surface area (Å²) in [6.45, 7) is 7.06. The highest BCUT2D eigenvalue weighted by atomic mass is 15.1. The van der Waals surface area contributed by atoms with Crippen LogP contribution < -0.4 is 5.32 Å². The number of rotatable bonds is 6. The molecule has 0 saturated heterocycles. The molecule has 2 heteroatoms. The molecule has 1 unspecified atom stereocenters. The van der Waals surface area contributed by atoms with E-state index in [0.717, 1.165) is 11.8 Å². The molecule has 1 aliphatic carbocycles. The van der Waals surface area contributed by atoms with Gasteiger partial charge in [0.2, 0.25) is 0 Å². The second-order valence-electron chi connectivity index (χ2n) is 5.16. The first-order valence-corrected chi connectivity index (χ1v) is 5.99. The molecule has 2 nitrogen and oxygen atoms in total. The van der Waals surface area contributed by atoms with Crippen molar-refractivity contribution in [2.24, 2.45) is 11.8 Å². The molecule has 1 aliphatic rings. The summed E-state index contributed by atoms with van der Waals surface area (Å²) in [6, 6.07) is 0.639. The van der Waals surface area contributed by atoms with Crippen LogP contribution in [0.3, 0.4) is 0 Å². The highest BCUT2D eigenvalue weighted by molar-refractivity contribution is 4.76. The van der Waals surface area contributed by atoms with Gasteiger partial charge in [-0.25, -0.2) is 0 Å². The maximum atomic E-state index is 3.40. The Morgan fingerprint density at radius 1 is 1.36 bits per heavy atom. The van der Waals surface area contributed by atoms with Crippen molar-refractivity contribution in [2.75, 3.05) is 27.2 Å². The third kappa shape index (κ3) is 3.58. The van der Waals surface area contributed by atoms with Crippen molar-refractivity contribution in [3.05, 3.63) is 0 Å². The average Bonchev–Trinajstić information content (AvgIpc) is 2.07. The van der Waals surface area contributed by atoms with Crippen LogP contribution in [0.25, 0.3) is 0 Å². The van der Waals surface area contributed by atoms with Crippen molar-refractivity contribution in [1.82, 2.24) is 10.2 Å². The van der Waals surface area contributed by atoms with E-state index in [9.17, 15) is 0 Å². The van der Waals surface area contributed by atoms with Gasteiger partial charge in [0.25, 0.3) is 0 Å². The van der Waals surface area contributed by atoms with Crippen LogP contribution in [0.15, 0.2) is 0 Å². The molecule has 84 valence electrons. The zero-order valence-electron chi connectivity index (χ0n) is 10.2. The standard InChI is InChI=1S/C12H26N2/c1-10(2)12(13-3)9-14(4)8-11-6-5-7-11/h10-13H,5-9H2,1-4H3. The molecule has 14 heavy (non-hydrogen) atoms. The van der Waals surface area contributed by atoms with E-state index >= 15 is 0 Å². The lowest BCUT2D eigenvalue weighted by Gasteiger charge is -2.33. The Morgan fingerprint density at radius 2 is 2.00 bits per heavy atom. The molecule has 0 spiro atoms. The van der Waals surface area contributed by atoms with Crippen LogP contribution in [0.2, 0.25) is 0 Å². The number of likely N-dealkylation sites (N-methyl/N-ethyl adjacent to an activating group) is 2. The van der Waals surface area contributed by atoms with E-state index in [1.54, 1.807) is 0 Å². The van der Waals surface area contributed by atoms with Crippen molar-refractivity contribution in [3.8, 4) is 0 Å². The van der Waals surface area contributed by atoms with Gasteiger partial charge in [-0.1, -0.05) is 20.3 Å². The minimum atomic E-state index is 0.639. The summed E-state index contributed by atoms with van der Waals surface area (Å²) >= 11 is 0. The molecule has 0 aliphatic heterocycles. The summed E-state index contributed by atoms with van der Waals surface area (Å²) < 4.78 is 0. The molecule has 1 saturated carbocycles. The van der Waals surface area contributed by atoms with Gasteiger partial charge in [-0.15, -0.1) is 0 Å². The predicted molar refractivity (Wildman–Crippen MR) is 62.5 cm³/mol. The van der Waals surface area contributed by atoms with Crippen molar-refractivity contribution in [3.63, 3.8) is 0 Å². The molecule has 1 rings (SSSR count). The third-order valence-corrected chi connectivity index (χ3v) is 3.48. The van der Waals surface area contributed by atoms with E-state index in [4.69, 9.17) is 0 Å². The largest absolute Gasteiger partial charge is 0.315 e. The van der Waals surface area contributed by atoms with Crippen LogP contribution in [0, 0.1) is 11.8 Å². The summed E-state index contributed by atoms with van der Waals surface area (Å²) in [5.41, 5.74) is 0. The first-order chi connectivity index (χ1) is 6.63. The fourth-order valence-electron chi connectivity index (χ4n) is 2.16. The SMILES string of the molecule is CNC(CN(C)CC1CCC1)C(C)C. The molecule has 0 amide bonds. The molecule has 0 aromatic rings. The van der Waals surface area contributed by atoms with E-state index in [1.807, 2.05) is 0 Å². The normalized spacial score (nSPS) is 20.1. The summed E-state index contributed by atoms with van der Waals surface area (Å²) in [7, 11) is 4.33. The Hall–Kier alpha value is -0.0800. The van der Waals surface area contributed by atoms with Gasteiger partial charge in [0.05, 0.1) is 0 Å². The van der Waals surface area contributed by atoms with Crippen molar-refractivity contribution in [1.29, 1.82) is 0 Å². The van der Waals surface area contributed by atoms with Gasteiger partial charge in [-0.05, 0) is 38.8 Å². The highest BCUT2D eigenvalue weighted by Crippen LogP contribution is 2.26. The molecular formula is C12H26N2. The van der Waals surface area contributed by atoms with Gasteiger partial charge >= 0.3 is 0 Å². The summed E-state index contributed by atoms with van der Waals surface area (Å²) in [6.07, 6.45) is 4.37. The Balaban J connectivity index is 2.19. The average molecular weight is 198 g/mol. The summed E-state index contributed by atoms with van der Waals surface area (Å²) in [5.74, 6) is 1.72. The van der Waals surface area contributed by atoms with Crippen LogP contribution in [0.4, 0.5) is 0 Å². The van der Waals surface area contributed by atoms with Crippen LogP contribution >= 0.6 is 0 Å². The molecule has 0 aromatic heterocycles. The van der Waals surface area contributed by atoms with Crippen LogP contribution in [-0.4, -0.2) is 38.1 Å². The zero-order valence-corrected chi connectivity index (χ0v) is 10.2. The fourth-order valence-corrected chi connectivity index (χ4v) is 2.16. The fraction of sp³-hybridized carbons (Fsp3) is 1.00. The maximum Gasteiger partial charge on any atom is 0.0214 e. The smallest absolute Gasteiger partial charge is 0.0214 e. The molecule has 0 bridgehead atoms. The van der Waals surface area contributed by atoms with Gasteiger partial charge in [0.1, 0.15) is 0 Å². The topological polar surface area (TPSA) is 15.3 Å². The maximum absolute atomic E-state index is 3.40. The van der Waals surface area contributed by atoms with Crippen LogP contribution in [0.5, 0.6) is 0 Å². The summed E-state index contributed by atoms with van der Waals surface area (Å²) in [4.78, 5) is 2.49. The van der Waals surface area contributed by atoms with Gasteiger partial charge < -0.3 is 10.2 Å². The number of hydrogen-bond acceptors (Lipinski definition) is 2. The second-order valence-corrected chi connectivity index (χ2v) is 5.16. The monoisotopic (exact) mass is 198 g/mol. The van der Waals surface area contributed by atoms with Crippen LogP contribution in [-0.2, 0) is 0 Å². The number of nitrogens with one attached hydrogen (secondary N) is 1. The van der Waals surface area contributed by atoms with E-state index in [0.29, 0.717) is 6.04 Å². The first-order valence-electron chi connectivity index (χ1n) is 5.99. The Morgan fingerprint density at radius 3 is 2.36 bits per heavy atom. The van der Waals surface area contributed by atoms with Crippen molar-refractivity contribution in [2.45, 2.75) is 39.2 Å². The molecule has 0 radical (unpaired) electrons. The molecule has 0 aromatic carbocycles. The number of nitrogens with zero attached hydrogens (tertiary/aromatic N) is 1. The van der Waals surface area contributed by atoms with Crippen molar-refractivity contribution >= 4 is 0 Å². The zero-order chi connectivity index (χ0) is 10.6.